The van der Waals surface area contributed by atoms with Crippen LogP contribution in [0.5, 0.6) is 0 Å². The van der Waals surface area contributed by atoms with E-state index in [1.165, 1.54) is 18.3 Å². The van der Waals surface area contributed by atoms with Gasteiger partial charge in [-0.15, -0.1) is 0 Å². The van der Waals surface area contributed by atoms with Crippen molar-refractivity contribution >= 4 is 10.9 Å². The molecule has 0 saturated heterocycles. The van der Waals surface area contributed by atoms with Crippen LogP contribution in [0.15, 0.2) is 60.8 Å². The number of halogens is 1. The van der Waals surface area contributed by atoms with Crippen LogP contribution in [-0.4, -0.2) is 0 Å². The summed E-state index contributed by atoms with van der Waals surface area (Å²) < 4.78 is 13.8. The van der Waals surface area contributed by atoms with Gasteiger partial charge in [-0.25, -0.2) is 4.39 Å². The molecule has 0 radical (unpaired) electrons. The fourth-order valence-corrected chi connectivity index (χ4v) is 2.10. The van der Waals surface area contributed by atoms with Crippen molar-refractivity contribution in [2.24, 2.45) is 0 Å². The first-order valence-electron chi connectivity index (χ1n) is 5.62. The topological polar surface area (TPSA) is 26.9 Å². The lowest BCUT2D eigenvalue weighted by molar-refractivity contribution is -0.576. The van der Waals surface area contributed by atoms with Crippen molar-refractivity contribution in [1.29, 1.82) is 0 Å². The van der Waals surface area contributed by atoms with Gasteiger partial charge in [0.1, 0.15) is 5.82 Å². The molecule has 3 aromatic rings. The first kappa shape index (κ1) is 10.7. The third kappa shape index (κ3) is 1.70. The van der Waals surface area contributed by atoms with Gasteiger partial charge in [-0.05, 0) is 35.9 Å². The van der Waals surface area contributed by atoms with E-state index in [2.05, 4.69) is 0 Å². The number of fused-ring (bicyclic) bond motifs is 1. The van der Waals surface area contributed by atoms with Gasteiger partial charge in [0.25, 0.3) is 0 Å². The second kappa shape index (κ2) is 4.11. The Bertz CT molecular complexity index is 702. The van der Waals surface area contributed by atoms with Crippen LogP contribution in [0.4, 0.5) is 4.39 Å². The van der Waals surface area contributed by atoms with Crippen LogP contribution in [0.25, 0.3) is 22.0 Å². The van der Waals surface area contributed by atoms with E-state index < -0.39 is 0 Å². The van der Waals surface area contributed by atoms with Crippen molar-refractivity contribution in [2.75, 3.05) is 0 Å². The van der Waals surface area contributed by atoms with E-state index in [1.54, 1.807) is 18.2 Å². The number of pyridine rings is 1. The molecule has 0 atom stereocenters. The fraction of sp³-hybridized carbons (Fsp3) is 0. The zero-order chi connectivity index (χ0) is 12.5. The normalized spacial score (nSPS) is 10.7. The predicted octanol–water partition coefficient (Wildman–Crippen LogP) is 3.28. The van der Waals surface area contributed by atoms with Gasteiger partial charge in [0.05, 0.1) is 5.56 Å². The van der Waals surface area contributed by atoms with Crippen LogP contribution in [0.1, 0.15) is 0 Å². The Morgan fingerprint density at radius 1 is 0.889 bits per heavy atom. The molecular formula is C15H10FNO. The summed E-state index contributed by atoms with van der Waals surface area (Å²) in [5.41, 5.74) is 2.24. The zero-order valence-corrected chi connectivity index (χ0v) is 9.51. The Kier molecular flexibility index (Phi) is 2.45. The van der Waals surface area contributed by atoms with Gasteiger partial charge in [0, 0.05) is 11.5 Å². The molecule has 0 bridgehead atoms. The van der Waals surface area contributed by atoms with Gasteiger partial charge in [-0.2, -0.15) is 4.73 Å². The molecule has 1 heterocycles. The third-order valence-electron chi connectivity index (χ3n) is 2.94. The lowest BCUT2D eigenvalue weighted by Gasteiger charge is -2.06. The van der Waals surface area contributed by atoms with Crippen LogP contribution in [0, 0.1) is 11.0 Å². The summed E-state index contributed by atoms with van der Waals surface area (Å²) in [4.78, 5) is 0. The van der Waals surface area contributed by atoms with Gasteiger partial charge in [-0.1, -0.05) is 18.2 Å². The summed E-state index contributed by atoms with van der Waals surface area (Å²) in [5.74, 6) is -0.283. The highest BCUT2D eigenvalue weighted by Gasteiger charge is 2.11. The molecule has 0 spiro atoms. The van der Waals surface area contributed by atoms with Crippen LogP contribution in [0.2, 0.25) is 0 Å². The summed E-state index contributed by atoms with van der Waals surface area (Å²) in [7, 11) is 0. The van der Waals surface area contributed by atoms with Crippen LogP contribution < -0.4 is 4.73 Å². The maximum absolute atomic E-state index is 12.9. The van der Waals surface area contributed by atoms with Gasteiger partial charge < -0.3 is 5.21 Å². The van der Waals surface area contributed by atoms with Crippen LogP contribution in [0.3, 0.4) is 0 Å². The highest BCUT2D eigenvalue weighted by molar-refractivity contribution is 5.91. The number of nitrogens with zero attached hydrogens (tertiary/aromatic N) is 1. The molecule has 0 fully saturated rings. The molecule has 2 aromatic carbocycles. The van der Waals surface area contributed by atoms with E-state index in [4.69, 9.17) is 0 Å². The van der Waals surface area contributed by atoms with Crippen molar-refractivity contribution in [1.82, 2.24) is 0 Å². The minimum Gasteiger partial charge on any atom is -0.618 e. The Morgan fingerprint density at radius 2 is 1.61 bits per heavy atom. The van der Waals surface area contributed by atoms with E-state index in [-0.39, 0.29) is 5.82 Å². The number of para-hydroxylation sites is 1. The summed E-state index contributed by atoms with van der Waals surface area (Å²) in [6, 6.07) is 15.4. The van der Waals surface area contributed by atoms with E-state index in [0.717, 1.165) is 21.2 Å². The number of hydrogen-bond donors (Lipinski definition) is 0. The lowest BCUT2D eigenvalue weighted by atomic mass is 10.0. The average molecular weight is 239 g/mol. The Labute approximate surface area is 104 Å². The molecule has 0 aliphatic carbocycles. The smallest absolute Gasteiger partial charge is 0.231 e. The van der Waals surface area contributed by atoms with Gasteiger partial charge in [0.15, 0.2) is 6.20 Å². The summed E-state index contributed by atoms with van der Waals surface area (Å²) in [5, 5.41) is 12.8. The fourth-order valence-electron chi connectivity index (χ4n) is 2.10. The highest BCUT2D eigenvalue weighted by Crippen LogP contribution is 2.26. The molecule has 88 valence electrons. The monoisotopic (exact) mass is 239 g/mol. The lowest BCUT2D eigenvalue weighted by Crippen LogP contribution is -2.26. The molecule has 0 saturated carbocycles. The molecule has 2 nitrogen and oxygen atoms in total. The number of aromatic nitrogens is 1. The van der Waals surface area contributed by atoms with Crippen LogP contribution >= 0.6 is 0 Å². The van der Waals surface area contributed by atoms with Crippen molar-refractivity contribution in [3.63, 3.8) is 0 Å². The Morgan fingerprint density at radius 3 is 2.39 bits per heavy atom. The number of rotatable bonds is 1. The molecule has 0 aliphatic rings. The second-order valence-electron chi connectivity index (χ2n) is 4.08. The zero-order valence-electron chi connectivity index (χ0n) is 9.51. The van der Waals surface area contributed by atoms with E-state index in [1.807, 2.05) is 24.3 Å². The predicted molar refractivity (Wildman–Crippen MR) is 68.3 cm³/mol. The Balaban J connectivity index is 2.32. The summed E-state index contributed by atoms with van der Waals surface area (Å²) >= 11 is 0. The first-order valence-corrected chi connectivity index (χ1v) is 5.62. The van der Waals surface area contributed by atoms with Gasteiger partial charge in [-0.3, -0.25) is 0 Å². The molecule has 0 unspecified atom stereocenters. The molecule has 0 aliphatic heterocycles. The van der Waals surface area contributed by atoms with Gasteiger partial charge >= 0.3 is 0 Å². The highest BCUT2D eigenvalue weighted by atomic mass is 19.1. The Hall–Kier alpha value is -2.42. The molecule has 18 heavy (non-hydrogen) atoms. The van der Waals surface area contributed by atoms with E-state index in [0.29, 0.717) is 5.52 Å². The van der Waals surface area contributed by atoms with E-state index in [9.17, 15) is 9.60 Å². The van der Waals surface area contributed by atoms with E-state index >= 15 is 0 Å². The number of benzene rings is 2. The van der Waals surface area contributed by atoms with Crippen molar-refractivity contribution < 1.29 is 9.12 Å². The maximum atomic E-state index is 12.9. The second-order valence-corrected chi connectivity index (χ2v) is 4.08. The van der Waals surface area contributed by atoms with Crippen molar-refractivity contribution in [3.8, 4) is 11.1 Å². The largest absolute Gasteiger partial charge is 0.618 e. The standard InChI is InChI=1S/C15H10FNO/c16-13-8-6-11(7-9-13)14-5-1-3-12-4-2-10-17(18)15(12)14/h1-10H. The minimum atomic E-state index is -0.283. The molecular weight excluding hydrogens is 229 g/mol. The third-order valence-corrected chi connectivity index (χ3v) is 2.94. The van der Waals surface area contributed by atoms with Crippen molar-refractivity contribution in [2.45, 2.75) is 0 Å². The van der Waals surface area contributed by atoms with Crippen molar-refractivity contribution in [3.05, 3.63) is 71.8 Å². The quantitative estimate of drug-likeness (QED) is 0.473. The molecule has 3 heteroatoms. The van der Waals surface area contributed by atoms with Crippen LogP contribution in [-0.2, 0) is 0 Å². The number of hydrogen-bond acceptors (Lipinski definition) is 1. The summed E-state index contributed by atoms with van der Waals surface area (Å²) in [6.45, 7) is 0. The summed E-state index contributed by atoms with van der Waals surface area (Å²) in [6.07, 6.45) is 1.47. The van der Waals surface area contributed by atoms with Gasteiger partial charge in [0.2, 0.25) is 5.52 Å². The molecule has 0 N–H and O–H groups in total. The maximum Gasteiger partial charge on any atom is 0.231 e. The SMILES string of the molecule is [O-][n+]1cccc2cccc(-c3ccc(F)cc3)c21. The minimum absolute atomic E-state index is 0.283. The molecule has 0 amide bonds. The molecule has 3 rings (SSSR count). The first-order chi connectivity index (χ1) is 8.75. The average Bonchev–Trinajstić information content (AvgIpc) is 2.39. The molecule has 1 aromatic heterocycles.